The molecule has 3 aromatic rings. The van der Waals surface area contributed by atoms with Crippen molar-refractivity contribution in [3.63, 3.8) is 0 Å². The molecule has 0 spiro atoms. The first-order valence-corrected chi connectivity index (χ1v) is 14.8. The number of pyridine rings is 1. The highest BCUT2D eigenvalue weighted by Crippen LogP contribution is 2.36. The van der Waals surface area contributed by atoms with Gasteiger partial charge in [-0.15, -0.1) is 10.2 Å². The summed E-state index contributed by atoms with van der Waals surface area (Å²) in [5.41, 5.74) is 1.35. The van der Waals surface area contributed by atoms with E-state index in [1.54, 1.807) is 32.2 Å². The van der Waals surface area contributed by atoms with Gasteiger partial charge in [-0.05, 0) is 36.9 Å². The van der Waals surface area contributed by atoms with Crippen LogP contribution in [-0.2, 0) is 24.7 Å². The molecule has 0 aliphatic carbocycles. The minimum atomic E-state index is -4.38. The quantitative estimate of drug-likeness (QED) is 0.150. The number of ether oxygens (including phenoxy) is 1. The molecule has 0 atom stereocenters. The van der Waals surface area contributed by atoms with E-state index < -0.39 is 20.0 Å². The van der Waals surface area contributed by atoms with Crippen LogP contribution in [0.25, 0.3) is 10.8 Å². The Labute approximate surface area is 227 Å². The largest absolute Gasteiger partial charge is 0.385 e. The van der Waals surface area contributed by atoms with Gasteiger partial charge in [0.05, 0.1) is 21.9 Å². The van der Waals surface area contributed by atoms with E-state index in [9.17, 15) is 26.7 Å². The number of hydrogen-bond acceptors (Lipinski definition) is 11. The van der Waals surface area contributed by atoms with Gasteiger partial charge >= 0.3 is 0 Å². The third kappa shape index (κ3) is 7.58. The van der Waals surface area contributed by atoms with E-state index in [0.29, 0.717) is 47.4 Å². The molecule has 0 amide bonds. The molecular formula is C25H28N6O6S2. The van der Waals surface area contributed by atoms with Crippen molar-refractivity contribution in [1.29, 1.82) is 5.26 Å². The molecule has 0 saturated carbocycles. The van der Waals surface area contributed by atoms with Gasteiger partial charge in [0.25, 0.3) is 10.1 Å². The second kappa shape index (κ2) is 12.8. The summed E-state index contributed by atoms with van der Waals surface area (Å²) < 4.78 is 61.2. The Morgan fingerprint density at radius 1 is 1.13 bits per heavy atom. The molecule has 0 aliphatic heterocycles. The Kier molecular flexibility index (Phi) is 9.71. The average Bonchev–Trinajstić information content (AvgIpc) is 2.90. The molecule has 3 N–H and O–H groups in total. The molecule has 0 bridgehead atoms. The SMILES string of the molecule is C=CS(=O)(=O)CCNc1nc(NCCCOC)c(C#N)c(C)c1/N=N/c1cccc2cc(S(=O)(=O)O)ccc12. The Morgan fingerprint density at radius 3 is 2.54 bits per heavy atom. The minimum absolute atomic E-state index is 0.00497. The van der Waals surface area contributed by atoms with Gasteiger partial charge in [-0.25, -0.2) is 13.4 Å². The lowest BCUT2D eigenvalue weighted by Gasteiger charge is -2.15. The summed E-state index contributed by atoms with van der Waals surface area (Å²) in [5, 5.41) is 26.6. The highest BCUT2D eigenvalue weighted by atomic mass is 32.2. The van der Waals surface area contributed by atoms with Gasteiger partial charge in [0, 0.05) is 43.2 Å². The van der Waals surface area contributed by atoms with Crippen LogP contribution in [0.2, 0.25) is 0 Å². The van der Waals surface area contributed by atoms with Gasteiger partial charge in [-0.1, -0.05) is 24.8 Å². The molecule has 0 fully saturated rings. The molecule has 0 unspecified atom stereocenters. The molecule has 39 heavy (non-hydrogen) atoms. The predicted octanol–water partition coefficient (Wildman–Crippen LogP) is 4.50. The lowest BCUT2D eigenvalue weighted by atomic mass is 10.1. The van der Waals surface area contributed by atoms with E-state index in [1.165, 1.54) is 18.2 Å². The third-order valence-corrected chi connectivity index (χ3v) is 7.79. The molecule has 0 radical (unpaired) electrons. The zero-order valence-corrected chi connectivity index (χ0v) is 23.0. The van der Waals surface area contributed by atoms with Crippen molar-refractivity contribution in [3.05, 3.63) is 59.5 Å². The number of nitrogens with zero attached hydrogens (tertiary/aromatic N) is 4. The zero-order chi connectivity index (χ0) is 28.6. The molecular weight excluding hydrogens is 544 g/mol. The first kappa shape index (κ1) is 29.7. The van der Waals surface area contributed by atoms with Crippen molar-refractivity contribution < 1.29 is 26.1 Å². The number of nitriles is 1. The van der Waals surface area contributed by atoms with Crippen LogP contribution in [0, 0.1) is 18.3 Å². The number of hydrogen-bond donors (Lipinski definition) is 3. The molecule has 1 heterocycles. The number of anilines is 2. The van der Waals surface area contributed by atoms with Crippen LogP contribution in [0.5, 0.6) is 0 Å². The van der Waals surface area contributed by atoms with Crippen LogP contribution in [0.15, 0.2) is 63.5 Å². The number of azo groups is 1. The summed E-state index contributed by atoms with van der Waals surface area (Å²) in [6.07, 6.45) is 0.671. The van der Waals surface area contributed by atoms with Gasteiger partial charge in [0.1, 0.15) is 17.6 Å². The number of rotatable bonds is 13. The molecule has 2 aromatic carbocycles. The summed E-state index contributed by atoms with van der Waals surface area (Å²) in [4.78, 5) is 4.25. The first-order valence-electron chi connectivity index (χ1n) is 11.7. The summed E-state index contributed by atoms with van der Waals surface area (Å²) in [6.45, 7) is 6.00. The molecule has 12 nitrogen and oxygen atoms in total. The van der Waals surface area contributed by atoms with Crippen molar-refractivity contribution in [2.24, 2.45) is 10.2 Å². The number of fused-ring (bicyclic) bond motifs is 1. The Balaban J connectivity index is 2.06. The first-order chi connectivity index (χ1) is 18.5. The van der Waals surface area contributed by atoms with Crippen LogP contribution >= 0.6 is 0 Å². The van der Waals surface area contributed by atoms with E-state index in [4.69, 9.17) is 4.74 Å². The number of methoxy groups -OCH3 is 1. The number of sulfone groups is 1. The van der Waals surface area contributed by atoms with Gasteiger partial charge in [-0.3, -0.25) is 4.55 Å². The van der Waals surface area contributed by atoms with Gasteiger partial charge in [0.15, 0.2) is 15.7 Å². The fourth-order valence-electron chi connectivity index (χ4n) is 3.62. The number of aromatic nitrogens is 1. The summed E-state index contributed by atoms with van der Waals surface area (Å²) in [6, 6.07) is 11.2. The fraction of sp³-hybridized carbons (Fsp3) is 0.280. The monoisotopic (exact) mass is 572 g/mol. The molecule has 3 rings (SSSR count). The van der Waals surface area contributed by atoms with Crippen molar-refractivity contribution in [2.45, 2.75) is 18.2 Å². The van der Waals surface area contributed by atoms with Crippen molar-refractivity contribution >= 4 is 53.7 Å². The van der Waals surface area contributed by atoms with Crippen LogP contribution < -0.4 is 10.6 Å². The van der Waals surface area contributed by atoms with Gasteiger partial charge in [-0.2, -0.15) is 13.7 Å². The van der Waals surface area contributed by atoms with E-state index in [1.807, 2.05) is 0 Å². The van der Waals surface area contributed by atoms with Crippen LogP contribution in [0.3, 0.4) is 0 Å². The van der Waals surface area contributed by atoms with Gasteiger partial charge in [0.2, 0.25) is 0 Å². The molecule has 14 heteroatoms. The third-order valence-electron chi connectivity index (χ3n) is 5.66. The van der Waals surface area contributed by atoms with Crippen LogP contribution in [-0.4, -0.2) is 58.9 Å². The van der Waals surface area contributed by atoms with E-state index in [2.05, 4.69) is 38.5 Å². The van der Waals surface area contributed by atoms with E-state index in [0.717, 1.165) is 5.41 Å². The molecule has 0 aliphatic rings. The maximum absolute atomic E-state index is 11.9. The van der Waals surface area contributed by atoms with Crippen LogP contribution in [0.4, 0.5) is 23.0 Å². The second-order valence-electron chi connectivity index (χ2n) is 8.34. The second-order valence-corrected chi connectivity index (χ2v) is 11.8. The Bertz CT molecular complexity index is 1660. The topological polar surface area (TPSA) is 183 Å². The summed E-state index contributed by atoms with van der Waals surface area (Å²) in [5.74, 6) is 0.295. The Morgan fingerprint density at radius 2 is 1.87 bits per heavy atom. The predicted molar refractivity (Wildman–Crippen MR) is 149 cm³/mol. The smallest absolute Gasteiger partial charge is 0.294 e. The maximum Gasteiger partial charge on any atom is 0.294 e. The normalized spacial score (nSPS) is 11.9. The maximum atomic E-state index is 11.9. The fourth-order valence-corrected chi connectivity index (χ4v) is 4.69. The zero-order valence-electron chi connectivity index (χ0n) is 21.4. The van der Waals surface area contributed by atoms with Crippen molar-refractivity contribution in [1.82, 2.24) is 4.98 Å². The number of nitrogens with one attached hydrogen (secondary N) is 2. The minimum Gasteiger partial charge on any atom is -0.385 e. The lowest BCUT2D eigenvalue weighted by Crippen LogP contribution is -2.16. The van der Waals surface area contributed by atoms with Crippen molar-refractivity contribution in [2.75, 3.05) is 43.2 Å². The highest BCUT2D eigenvalue weighted by molar-refractivity contribution is 7.94. The Hall–Kier alpha value is -3.90. The highest BCUT2D eigenvalue weighted by Gasteiger charge is 2.18. The molecule has 1 aromatic heterocycles. The number of benzene rings is 2. The van der Waals surface area contributed by atoms with E-state index in [-0.39, 0.29) is 34.3 Å². The standard InChI is InChI=1S/C25H28N6O6S2/c1-4-38(32,33)14-12-28-25-23(17(2)21(16-26)24(29-25)27-11-6-13-37-3)31-30-22-8-5-7-18-15-19(39(34,35)36)9-10-20(18)22/h4-5,7-10,15H,1,6,11-14H2,2-3H3,(H2,27,28,29)(H,34,35,36)/b31-30+. The summed E-state index contributed by atoms with van der Waals surface area (Å²) >= 11 is 0. The van der Waals surface area contributed by atoms with Crippen molar-refractivity contribution in [3.8, 4) is 6.07 Å². The average molecular weight is 573 g/mol. The lowest BCUT2D eigenvalue weighted by molar-refractivity contribution is 0.198. The van der Waals surface area contributed by atoms with Crippen LogP contribution in [0.1, 0.15) is 17.5 Å². The summed E-state index contributed by atoms with van der Waals surface area (Å²) in [7, 11) is -6.26. The van der Waals surface area contributed by atoms with Gasteiger partial charge < -0.3 is 15.4 Å². The van der Waals surface area contributed by atoms with E-state index >= 15 is 0 Å². The molecule has 206 valence electrons. The molecule has 0 saturated heterocycles.